The summed E-state index contributed by atoms with van der Waals surface area (Å²) in [5.41, 5.74) is 6.85. The molecular weight excluding hydrogens is 426 g/mol. The minimum absolute atomic E-state index is 0.530. The first kappa shape index (κ1) is 27.9. The van der Waals surface area contributed by atoms with Gasteiger partial charge in [0.15, 0.2) is 0 Å². The van der Waals surface area contributed by atoms with E-state index < -0.39 is 0 Å². The van der Waals surface area contributed by atoms with Crippen LogP contribution >= 0.6 is 0 Å². The summed E-state index contributed by atoms with van der Waals surface area (Å²) in [5.74, 6) is 6.66. The minimum Gasteiger partial charge on any atom is -0.378 e. The van der Waals surface area contributed by atoms with E-state index in [1.54, 1.807) is 0 Å². The van der Waals surface area contributed by atoms with E-state index >= 15 is 0 Å². The molecule has 0 unspecified atom stereocenters. The number of hydrogen-bond acceptors (Lipinski definition) is 2. The van der Waals surface area contributed by atoms with Crippen LogP contribution in [-0.2, 0) is 4.74 Å². The molecule has 4 aliphatic rings. The summed E-state index contributed by atoms with van der Waals surface area (Å²) in [6.45, 7) is 14.7. The van der Waals surface area contributed by atoms with E-state index in [9.17, 15) is 0 Å². The Morgan fingerprint density at radius 3 is 2.34 bits per heavy atom. The molecule has 4 aliphatic carbocycles. The van der Waals surface area contributed by atoms with Gasteiger partial charge in [0, 0.05) is 6.61 Å². The van der Waals surface area contributed by atoms with E-state index in [1.165, 1.54) is 96.3 Å². The van der Waals surface area contributed by atoms with Crippen LogP contribution in [0.15, 0.2) is 0 Å². The predicted octanol–water partition coefficient (Wildman–Crippen LogP) is 9.01. The zero-order chi connectivity index (χ0) is 25.1. The summed E-state index contributed by atoms with van der Waals surface area (Å²) >= 11 is 0. The van der Waals surface area contributed by atoms with Gasteiger partial charge >= 0.3 is 0 Å². The van der Waals surface area contributed by atoms with Gasteiger partial charge in [-0.15, -0.1) is 0 Å². The summed E-state index contributed by atoms with van der Waals surface area (Å²) in [5, 5.41) is 0. The smallest absolute Gasteiger partial charge is 0.0578 e. The Bertz CT molecular complexity index is 647. The molecule has 204 valence electrons. The van der Waals surface area contributed by atoms with Gasteiger partial charge in [0.25, 0.3) is 0 Å². The summed E-state index contributed by atoms with van der Waals surface area (Å²) in [6, 6.07) is 0. The standard InChI is InChI=1S/C33H61NO/c1-24(2)11-9-12-25(3)29-13-10-14-30-28-16-15-26-23-27(35-22-8-6-7-21-34)17-19-32(26,4)31(28)18-20-33(29,30)5/h24-31H,6-23,34H2,1-5H3/t25-,26+,27+,28+,29-,30+,31+,32+,33-/m1/s1. The van der Waals surface area contributed by atoms with Crippen LogP contribution in [0.1, 0.15) is 137 Å². The number of unbranched alkanes of at least 4 members (excludes halogenated alkanes) is 2. The second-order valence-corrected chi connectivity index (χ2v) is 14.7. The fourth-order valence-electron chi connectivity index (χ4n) is 10.3. The van der Waals surface area contributed by atoms with Crippen molar-refractivity contribution in [2.24, 2.45) is 58.0 Å². The van der Waals surface area contributed by atoms with Crippen molar-refractivity contribution in [1.29, 1.82) is 0 Å². The minimum atomic E-state index is 0.530. The Hall–Kier alpha value is -0.0800. The summed E-state index contributed by atoms with van der Waals surface area (Å²) < 4.78 is 6.41. The number of hydrogen-bond donors (Lipinski definition) is 1. The van der Waals surface area contributed by atoms with Crippen molar-refractivity contribution in [2.45, 2.75) is 143 Å². The van der Waals surface area contributed by atoms with Crippen LogP contribution in [0.3, 0.4) is 0 Å². The van der Waals surface area contributed by atoms with E-state index in [2.05, 4.69) is 34.6 Å². The number of ether oxygens (including phenoxy) is 1. The van der Waals surface area contributed by atoms with Crippen molar-refractivity contribution >= 4 is 0 Å². The van der Waals surface area contributed by atoms with Gasteiger partial charge in [-0.05, 0) is 136 Å². The maximum Gasteiger partial charge on any atom is 0.0578 e. The highest BCUT2D eigenvalue weighted by atomic mass is 16.5. The summed E-state index contributed by atoms with van der Waals surface area (Å²) in [4.78, 5) is 0. The van der Waals surface area contributed by atoms with E-state index in [4.69, 9.17) is 10.5 Å². The molecule has 9 atom stereocenters. The molecule has 0 aromatic heterocycles. The van der Waals surface area contributed by atoms with Crippen molar-refractivity contribution in [3.63, 3.8) is 0 Å². The summed E-state index contributed by atoms with van der Waals surface area (Å²) in [6.07, 6.45) is 23.1. The fraction of sp³-hybridized carbons (Fsp3) is 1.00. The highest BCUT2D eigenvalue weighted by Crippen LogP contribution is 2.67. The number of fused-ring (bicyclic) bond motifs is 5. The SMILES string of the molecule is CC(C)CCC[C@@H](C)[C@H]1CCC[C@H]2[C@@H]3CC[C@H]4C[C@@H](OCCCCCN)CC[C@]4(C)[C@H]3CC[C@]12C. The van der Waals surface area contributed by atoms with Crippen molar-refractivity contribution in [1.82, 2.24) is 0 Å². The van der Waals surface area contributed by atoms with Crippen molar-refractivity contribution in [3.05, 3.63) is 0 Å². The van der Waals surface area contributed by atoms with Gasteiger partial charge in [0.2, 0.25) is 0 Å². The molecule has 0 radical (unpaired) electrons. The van der Waals surface area contributed by atoms with Gasteiger partial charge in [0.1, 0.15) is 0 Å². The number of nitrogens with two attached hydrogens (primary N) is 1. The predicted molar refractivity (Wildman–Crippen MR) is 150 cm³/mol. The van der Waals surface area contributed by atoms with E-state index in [0.717, 1.165) is 61.0 Å². The van der Waals surface area contributed by atoms with Crippen LogP contribution in [0, 0.1) is 52.3 Å². The normalized spacial score (nSPS) is 42.3. The molecule has 2 nitrogen and oxygen atoms in total. The summed E-state index contributed by atoms with van der Waals surface area (Å²) in [7, 11) is 0. The molecule has 0 aliphatic heterocycles. The molecule has 0 aromatic rings. The first-order chi connectivity index (χ1) is 16.8. The van der Waals surface area contributed by atoms with Gasteiger partial charge < -0.3 is 10.5 Å². The first-order valence-corrected chi connectivity index (χ1v) is 16.1. The quantitative estimate of drug-likeness (QED) is 0.295. The van der Waals surface area contributed by atoms with Crippen LogP contribution in [0.2, 0.25) is 0 Å². The Labute approximate surface area is 219 Å². The molecular formula is C33H61NO. The van der Waals surface area contributed by atoms with Crippen LogP contribution < -0.4 is 5.73 Å². The lowest BCUT2D eigenvalue weighted by molar-refractivity contribution is -0.161. The molecule has 0 spiro atoms. The van der Waals surface area contributed by atoms with E-state index in [1.807, 2.05) is 0 Å². The average Bonchev–Trinajstić information content (AvgIpc) is 2.82. The Morgan fingerprint density at radius 1 is 0.800 bits per heavy atom. The molecule has 4 saturated carbocycles. The highest BCUT2D eigenvalue weighted by Gasteiger charge is 2.59. The Balaban J connectivity index is 1.37. The zero-order valence-electron chi connectivity index (χ0n) is 24.3. The van der Waals surface area contributed by atoms with Crippen LogP contribution in [0.4, 0.5) is 0 Å². The second-order valence-electron chi connectivity index (χ2n) is 14.7. The van der Waals surface area contributed by atoms with Crippen LogP contribution in [0.25, 0.3) is 0 Å². The number of rotatable bonds is 11. The molecule has 2 heteroatoms. The first-order valence-electron chi connectivity index (χ1n) is 16.1. The molecule has 0 heterocycles. The van der Waals surface area contributed by atoms with Crippen LogP contribution in [0.5, 0.6) is 0 Å². The average molecular weight is 488 g/mol. The van der Waals surface area contributed by atoms with Gasteiger partial charge in [-0.3, -0.25) is 0 Å². The third-order valence-electron chi connectivity index (χ3n) is 12.3. The Kier molecular flexibility index (Phi) is 9.73. The highest BCUT2D eigenvalue weighted by molar-refractivity contribution is 5.08. The third-order valence-corrected chi connectivity index (χ3v) is 12.3. The van der Waals surface area contributed by atoms with Gasteiger partial charge in [-0.1, -0.05) is 60.3 Å². The molecule has 4 fully saturated rings. The van der Waals surface area contributed by atoms with Gasteiger partial charge in [0.05, 0.1) is 6.10 Å². The van der Waals surface area contributed by atoms with E-state index in [-0.39, 0.29) is 0 Å². The lowest BCUT2D eigenvalue weighted by Crippen LogP contribution is -2.57. The molecule has 35 heavy (non-hydrogen) atoms. The maximum absolute atomic E-state index is 6.41. The molecule has 0 saturated heterocycles. The molecule has 0 aromatic carbocycles. The monoisotopic (exact) mass is 487 g/mol. The third kappa shape index (κ3) is 6.00. The lowest BCUT2D eigenvalue weighted by atomic mass is 9.41. The molecule has 4 rings (SSSR count). The van der Waals surface area contributed by atoms with Crippen LogP contribution in [-0.4, -0.2) is 19.3 Å². The zero-order valence-corrected chi connectivity index (χ0v) is 24.3. The molecule has 0 bridgehead atoms. The second kappa shape index (κ2) is 12.2. The lowest BCUT2D eigenvalue weighted by Gasteiger charge is -2.64. The van der Waals surface area contributed by atoms with Gasteiger partial charge in [-0.25, -0.2) is 0 Å². The van der Waals surface area contributed by atoms with Crippen molar-refractivity contribution in [3.8, 4) is 0 Å². The fourth-order valence-corrected chi connectivity index (χ4v) is 10.3. The van der Waals surface area contributed by atoms with Gasteiger partial charge in [-0.2, -0.15) is 0 Å². The molecule has 2 N–H and O–H groups in total. The van der Waals surface area contributed by atoms with Crippen molar-refractivity contribution in [2.75, 3.05) is 13.2 Å². The largest absolute Gasteiger partial charge is 0.378 e. The van der Waals surface area contributed by atoms with Crippen molar-refractivity contribution < 1.29 is 4.74 Å². The molecule has 0 amide bonds. The topological polar surface area (TPSA) is 35.2 Å². The Morgan fingerprint density at radius 2 is 1.57 bits per heavy atom. The van der Waals surface area contributed by atoms with E-state index in [0.29, 0.717) is 16.9 Å². The maximum atomic E-state index is 6.41.